The third kappa shape index (κ3) is 3.57. The standard InChI is InChI=1S/C17H23N5O3/c1-4-13-18-15(21-20-13)11-7-9-22(10-8-11)17(23)12-5-6-14(24-2)19-16(12)25-3/h5-6,11H,4,7-10H2,1-3H3,(H,18,20,21). The number of hydrogen-bond donors (Lipinski definition) is 1. The molecule has 3 rings (SSSR count). The van der Waals surface area contributed by atoms with Gasteiger partial charge in [0.15, 0.2) is 5.82 Å². The van der Waals surface area contributed by atoms with Crippen LogP contribution in [0.4, 0.5) is 0 Å². The molecule has 1 saturated heterocycles. The van der Waals surface area contributed by atoms with Crippen molar-refractivity contribution in [1.29, 1.82) is 0 Å². The Morgan fingerprint density at radius 3 is 2.60 bits per heavy atom. The van der Waals surface area contributed by atoms with E-state index in [1.54, 1.807) is 12.1 Å². The molecule has 0 aromatic carbocycles. The second-order valence-corrected chi connectivity index (χ2v) is 5.97. The number of hydrogen-bond acceptors (Lipinski definition) is 6. The molecule has 1 amide bonds. The Bertz CT molecular complexity index is 738. The lowest BCUT2D eigenvalue weighted by Crippen LogP contribution is -2.38. The van der Waals surface area contributed by atoms with E-state index >= 15 is 0 Å². The molecule has 0 atom stereocenters. The summed E-state index contributed by atoms with van der Waals surface area (Å²) < 4.78 is 10.3. The van der Waals surface area contributed by atoms with Crippen LogP contribution in [0, 0.1) is 0 Å². The Morgan fingerprint density at radius 1 is 1.24 bits per heavy atom. The largest absolute Gasteiger partial charge is 0.481 e. The molecule has 0 radical (unpaired) electrons. The van der Waals surface area contributed by atoms with Crippen LogP contribution in [0.25, 0.3) is 0 Å². The maximum Gasteiger partial charge on any atom is 0.259 e. The molecule has 8 nitrogen and oxygen atoms in total. The van der Waals surface area contributed by atoms with E-state index in [4.69, 9.17) is 9.47 Å². The molecule has 3 heterocycles. The van der Waals surface area contributed by atoms with Gasteiger partial charge in [-0.1, -0.05) is 6.92 Å². The van der Waals surface area contributed by atoms with Crippen LogP contribution in [0.5, 0.6) is 11.8 Å². The summed E-state index contributed by atoms with van der Waals surface area (Å²) in [6.07, 6.45) is 2.53. The molecule has 2 aromatic heterocycles. The number of methoxy groups -OCH3 is 2. The molecule has 0 unspecified atom stereocenters. The summed E-state index contributed by atoms with van der Waals surface area (Å²) in [5, 5.41) is 7.26. The number of aromatic nitrogens is 4. The third-order valence-corrected chi connectivity index (χ3v) is 4.50. The molecule has 25 heavy (non-hydrogen) atoms. The zero-order chi connectivity index (χ0) is 17.8. The first-order valence-electron chi connectivity index (χ1n) is 8.45. The molecule has 0 aliphatic carbocycles. The van der Waals surface area contributed by atoms with E-state index in [9.17, 15) is 4.79 Å². The number of aromatic amines is 1. The molecule has 134 valence electrons. The first kappa shape index (κ1) is 17.2. The molecular formula is C17H23N5O3. The van der Waals surface area contributed by atoms with Crippen molar-refractivity contribution in [3.05, 3.63) is 29.3 Å². The average Bonchev–Trinajstić information content (AvgIpc) is 3.16. The molecule has 1 fully saturated rings. The molecule has 2 aromatic rings. The van der Waals surface area contributed by atoms with Gasteiger partial charge in [-0.15, -0.1) is 0 Å². The van der Waals surface area contributed by atoms with Gasteiger partial charge in [0.05, 0.1) is 14.2 Å². The fourth-order valence-electron chi connectivity index (χ4n) is 3.02. The van der Waals surface area contributed by atoms with Crippen molar-refractivity contribution in [3.8, 4) is 11.8 Å². The number of carbonyl (C=O) groups is 1. The molecule has 1 N–H and O–H groups in total. The third-order valence-electron chi connectivity index (χ3n) is 4.50. The van der Waals surface area contributed by atoms with Crippen LogP contribution in [0.3, 0.4) is 0 Å². The zero-order valence-corrected chi connectivity index (χ0v) is 14.8. The Balaban J connectivity index is 1.67. The van der Waals surface area contributed by atoms with Gasteiger partial charge in [0, 0.05) is 31.5 Å². The number of pyridine rings is 1. The van der Waals surface area contributed by atoms with Gasteiger partial charge in [-0.3, -0.25) is 9.89 Å². The van der Waals surface area contributed by atoms with Crippen molar-refractivity contribution in [1.82, 2.24) is 25.1 Å². The van der Waals surface area contributed by atoms with Crippen molar-refractivity contribution < 1.29 is 14.3 Å². The fraction of sp³-hybridized carbons (Fsp3) is 0.529. The highest BCUT2D eigenvalue weighted by molar-refractivity contribution is 5.96. The van der Waals surface area contributed by atoms with Gasteiger partial charge in [0.1, 0.15) is 11.4 Å². The van der Waals surface area contributed by atoms with E-state index in [1.165, 1.54) is 14.2 Å². The van der Waals surface area contributed by atoms with Crippen LogP contribution < -0.4 is 9.47 Å². The summed E-state index contributed by atoms with van der Waals surface area (Å²) in [6, 6.07) is 3.37. The lowest BCUT2D eigenvalue weighted by Gasteiger charge is -2.31. The number of aryl methyl sites for hydroxylation is 1. The van der Waals surface area contributed by atoms with Crippen LogP contribution >= 0.6 is 0 Å². The van der Waals surface area contributed by atoms with Crippen molar-refractivity contribution in [2.24, 2.45) is 0 Å². The highest BCUT2D eigenvalue weighted by atomic mass is 16.5. The molecule has 8 heteroatoms. The van der Waals surface area contributed by atoms with Gasteiger partial charge in [-0.2, -0.15) is 10.1 Å². The van der Waals surface area contributed by atoms with Crippen LogP contribution in [-0.2, 0) is 6.42 Å². The van der Waals surface area contributed by atoms with Gasteiger partial charge in [0.25, 0.3) is 5.91 Å². The van der Waals surface area contributed by atoms with E-state index in [0.29, 0.717) is 24.5 Å². The van der Waals surface area contributed by atoms with E-state index in [-0.39, 0.29) is 17.7 Å². The maximum absolute atomic E-state index is 12.8. The Morgan fingerprint density at radius 2 is 2.00 bits per heavy atom. The van der Waals surface area contributed by atoms with Gasteiger partial charge in [0.2, 0.25) is 11.8 Å². The minimum atomic E-state index is -0.0744. The second kappa shape index (κ2) is 7.50. The molecular weight excluding hydrogens is 322 g/mol. The Hall–Kier alpha value is -2.64. The number of H-pyrrole nitrogens is 1. The van der Waals surface area contributed by atoms with Crippen molar-refractivity contribution in [2.45, 2.75) is 32.1 Å². The zero-order valence-electron chi connectivity index (χ0n) is 14.8. The van der Waals surface area contributed by atoms with Gasteiger partial charge in [-0.05, 0) is 18.9 Å². The monoisotopic (exact) mass is 345 g/mol. The van der Waals surface area contributed by atoms with Crippen LogP contribution in [-0.4, -0.2) is 58.3 Å². The normalized spacial score (nSPS) is 15.2. The Kier molecular flexibility index (Phi) is 5.16. The second-order valence-electron chi connectivity index (χ2n) is 5.97. The van der Waals surface area contributed by atoms with Gasteiger partial charge < -0.3 is 14.4 Å². The number of carbonyl (C=O) groups excluding carboxylic acids is 1. The maximum atomic E-state index is 12.8. The number of nitrogens with one attached hydrogen (secondary N) is 1. The van der Waals surface area contributed by atoms with Crippen LogP contribution in [0.2, 0.25) is 0 Å². The summed E-state index contributed by atoms with van der Waals surface area (Å²) in [7, 11) is 3.03. The summed E-state index contributed by atoms with van der Waals surface area (Å²) >= 11 is 0. The molecule has 0 saturated carbocycles. The summed E-state index contributed by atoms with van der Waals surface area (Å²) in [4.78, 5) is 23.3. The average molecular weight is 345 g/mol. The number of rotatable bonds is 5. The van der Waals surface area contributed by atoms with Crippen LogP contribution in [0.15, 0.2) is 12.1 Å². The van der Waals surface area contributed by atoms with E-state index < -0.39 is 0 Å². The number of nitrogens with zero attached hydrogens (tertiary/aromatic N) is 4. The summed E-state index contributed by atoms with van der Waals surface area (Å²) in [6.45, 7) is 3.37. The quantitative estimate of drug-likeness (QED) is 0.888. The molecule has 1 aliphatic heterocycles. The number of amides is 1. The van der Waals surface area contributed by atoms with Crippen LogP contribution in [0.1, 0.15) is 47.7 Å². The summed E-state index contributed by atoms with van der Waals surface area (Å²) in [5.41, 5.74) is 0.452. The van der Waals surface area contributed by atoms with E-state index in [0.717, 1.165) is 30.9 Å². The lowest BCUT2D eigenvalue weighted by molar-refractivity contribution is 0.0706. The van der Waals surface area contributed by atoms with Gasteiger partial charge in [-0.25, -0.2) is 4.98 Å². The first-order chi connectivity index (χ1) is 12.2. The fourth-order valence-corrected chi connectivity index (χ4v) is 3.02. The van der Waals surface area contributed by atoms with Gasteiger partial charge >= 0.3 is 0 Å². The predicted octanol–water partition coefficient (Wildman–Crippen LogP) is 1.80. The lowest BCUT2D eigenvalue weighted by atomic mass is 9.95. The molecule has 0 spiro atoms. The Labute approximate surface area is 146 Å². The topological polar surface area (TPSA) is 93.2 Å². The van der Waals surface area contributed by atoms with Crippen molar-refractivity contribution in [3.63, 3.8) is 0 Å². The van der Waals surface area contributed by atoms with Crippen molar-refractivity contribution in [2.75, 3.05) is 27.3 Å². The number of ether oxygens (including phenoxy) is 2. The SMILES string of the molecule is CCc1nc(C2CCN(C(=O)c3ccc(OC)nc3OC)CC2)n[nH]1. The number of piperidine rings is 1. The van der Waals surface area contributed by atoms with Crippen molar-refractivity contribution >= 4 is 5.91 Å². The smallest absolute Gasteiger partial charge is 0.259 e. The number of likely N-dealkylation sites (tertiary alicyclic amines) is 1. The summed E-state index contributed by atoms with van der Waals surface area (Å²) in [5.74, 6) is 2.68. The minimum Gasteiger partial charge on any atom is -0.481 e. The van der Waals surface area contributed by atoms with E-state index in [1.807, 2.05) is 11.8 Å². The molecule has 1 aliphatic rings. The highest BCUT2D eigenvalue weighted by Crippen LogP contribution is 2.28. The predicted molar refractivity (Wildman–Crippen MR) is 91.0 cm³/mol. The molecule has 0 bridgehead atoms. The highest BCUT2D eigenvalue weighted by Gasteiger charge is 2.28. The minimum absolute atomic E-state index is 0.0744. The first-order valence-corrected chi connectivity index (χ1v) is 8.45. The van der Waals surface area contributed by atoms with E-state index in [2.05, 4.69) is 20.2 Å².